The molecule has 0 aliphatic carbocycles. The molecule has 0 bridgehead atoms. The number of hydrogen-bond acceptors (Lipinski definition) is 6. The van der Waals surface area contributed by atoms with Crippen molar-refractivity contribution in [3.8, 4) is 5.75 Å². The van der Waals surface area contributed by atoms with Crippen LogP contribution < -0.4 is 4.74 Å². The third-order valence-corrected chi connectivity index (χ3v) is 3.52. The molecular weight excluding hydrogens is 276 g/mol. The van der Waals surface area contributed by atoms with Gasteiger partial charge in [0.1, 0.15) is 5.75 Å². The fraction of sp³-hybridized carbons (Fsp3) is 0.455. The van der Waals surface area contributed by atoms with Crippen LogP contribution in [0.3, 0.4) is 0 Å². The van der Waals surface area contributed by atoms with E-state index in [4.69, 9.17) is 4.74 Å². The van der Waals surface area contributed by atoms with Gasteiger partial charge in [0.25, 0.3) is 0 Å². The summed E-state index contributed by atoms with van der Waals surface area (Å²) in [6, 6.07) is 9.53. The second kappa shape index (κ2) is 8.36. The Bertz CT molecular complexity index is 418. The fourth-order valence-electron chi connectivity index (χ4n) is 1.24. The summed E-state index contributed by atoms with van der Waals surface area (Å²) in [7, 11) is -4.57. The van der Waals surface area contributed by atoms with Gasteiger partial charge in [0.05, 0.1) is 6.61 Å². The summed E-state index contributed by atoms with van der Waals surface area (Å²) < 4.78 is 39.8. The van der Waals surface area contributed by atoms with Gasteiger partial charge in [-0.05, 0) is 31.4 Å². The van der Waals surface area contributed by atoms with E-state index < -0.39 is 10.4 Å². The highest BCUT2D eigenvalue weighted by molar-refractivity contribution is 8.02. The first-order chi connectivity index (χ1) is 8.58. The monoisotopic (exact) mass is 291 g/mol. The van der Waals surface area contributed by atoms with Crippen LogP contribution in [0, 0.1) is 0 Å². The summed E-state index contributed by atoms with van der Waals surface area (Å²) in [5, 5.41) is 0. The number of rotatable bonds is 9. The van der Waals surface area contributed by atoms with Gasteiger partial charge in [-0.2, -0.15) is 0 Å². The lowest BCUT2D eigenvalue weighted by molar-refractivity contribution is 0.306. The normalized spacial score (nSPS) is 11.4. The lowest BCUT2D eigenvalue weighted by Gasteiger charge is -2.06. The van der Waals surface area contributed by atoms with Gasteiger partial charge in [0, 0.05) is 17.8 Å². The van der Waals surface area contributed by atoms with Crippen LogP contribution in [-0.4, -0.2) is 25.3 Å². The van der Waals surface area contributed by atoms with Crippen LogP contribution in [0.4, 0.5) is 0 Å². The van der Waals surface area contributed by atoms with E-state index in [1.807, 2.05) is 30.3 Å². The van der Waals surface area contributed by atoms with Crippen LogP contribution >= 0.6 is 12.0 Å². The molecule has 7 heteroatoms. The van der Waals surface area contributed by atoms with Gasteiger partial charge in [-0.3, -0.25) is 0 Å². The second-order valence-electron chi connectivity index (χ2n) is 3.52. The van der Waals surface area contributed by atoms with Crippen molar-refractivity contribution < 1.29 is 21.3 Å². The van der Waals surface area contributed by atoms with Crippen LogP contribution in [0.15, 0.2) is 30.3 Å². The molecule has 0 radical (unpaired) electrons. The summed E-state index contributed by atoms with van der Waals surface area (Å²) >= 11 is 0.673. The molecule has 1 rings (SSSR count). The number of hydrogen-bond donors (Lipinski definition) is 0. The topological polar surface area (TPSA) is 75.7 Å². The molecule has 0 aliphatic rings. The minimum absolute atomic E-state index is 0.479. The summed E-state index contributed by atoms with van der Waals surface area (Å²) in [5.41, 5.74) is 0. The molecule has 5 nitrogen and oxygen atoms in total. The predicted molar refractivity (Wildman–Crippen MR) is 69.0 cm³/mol. The number of unbranched alkanes of at least 4 members (excludes halogenated alkanes) is 2. The Morgan fingerprint density at radius 2 is 1.83 bits per heavy atom. The maximum Gasteiger partial charge on any atom is 0.228 e. The van der Waals surface area contributed by atoms with Crippen LogP contribution in [-0.2, 0) is 14.0 Å². The third-order valence-electron chi connectivity index (χ3n) is 2.02. The Morgan fingerprint density at radius 3 is 2.50 bits per heavy atom. The minimum Gasteiger partial charge on any atom is -0.725 e. The van der Waals surface area contributed by atoms with Gasteiger partial charge in [-0.15, -0.1) is 0 Å². The summed E-state index contributed by atoms with van der Waals surface area (Å²) in [6.45, 7) is 0.620. The molecule has 0 unspecified atom stereocenters. The van der Waals surface area contributed by atoms with Crippen molar-refractivity contribution in [1.82, 2.24) is 0 Å². The van der Waals surface area contributed by atoms with Crippen LogP contribution in [0.2, 0.25) is 0 Å². The number of benzene rings is 1. The quantitative estimate of drug-likeness (QED) is 0.301. The Labute approximate surface area is 112 Å². The molecule has 0 amide bonds. The van der Waals surface area contributed by atoms with E-state index in [-0.39, 0.29) is 0 Å². The molecule has 0 fully saturated rings. The van der Waals surface area contributed by atoms with Gasteiger partial charge < -0.3 is 9.29 Å². The zero-order valence-electron chi connectivity index (χ0n) is 9.78. The zero-order chi connectivity index (χ0) is 13.3. The van der Waals surface area contributed by atoms with Crippen molar-refractivity contribution >= 4 is 22.4 Å². The molecule has 0 N–H and O–H groups in total. The molecule has 0 spiro atoms. The summed E-state index contributed by atoms with van der Waals surface area (Å²) in [5.74, 6) is 1.32. The maximum absolute atomic E-state index is 10.1. The van der Waals surface area contributed by atoms with Gasteiger partial charge in [-0.25, -0.2) is 12.0 Å². The van der Waals surface area contributed by atoms with Gasteiger partial charge in [-0.1, -0.05) is 18.2 Å². The molecule has 1 aromatic carbocycles. The average Bonchev–Trinajstić information content (AvgIpc) is 2.32. The van der Waals surface area contributed by atoms with E-state index in [0.717, 1.165) is 25.0 Å². The highest BCUT2D eigenvalue weighted by atomic mass is 32.3. The SMILES string of the molecule is O=S(=O)([O-])OSCCCCCOc1ccccc1. The molecule has 102 valence electrons. The standard InChI is InChI=1S/C11H16O5S2/c12-18(13,14)16-17-10-6-2-5-9-15-11-7-3-1-4-8-11/h1,3-4,7-8H,2,5-6,9-10H2,(H,12,13,14)/p-1. The van der Waals surface area contributed by atoms with Gasteiger partial charge >= 0.3 is 0 Å². The van der Waals surface area contributed by atoms with Crippen LogP contribution in [0.1, 0.15) is 19.3 Å². The maximum atomic E-state index is 10.1. The van der Waals surface area contributed by atoms with Crippen molar-refractivity contribution in [2.45, 2.75) is 19.3 Å². The first-order valence-corrected chi connectivity index (χ1v) is 7.77. The lowest BCUT2D eigenvalue weighted by Crippen LogP contribution is -1.99. The molecule has 18 heavy (non-hydrogen) atoms. The highest BCUT2D eigenvalue weighted by Crippen LogP contribution is 2.12. The van der Waals surface area contributed by atoms with Gasteiger partial charge in [0.15, 0.2) is 0 Å². The largest absolute Gasteiger partial charge is 0.725 e. The van der Waals surface area contributed by atoms with E-state index in [9.17, 15) is 13.0 Å². The molecule has 0 aliphatic heterocycles. The highest BCUT2D eigenvalue weighted by Gasteiger charge is 1.97. The van der Waals surface area contributed by atoms with Crippen molar-refractivity contribution in [3.63, 3.8) is 0 Å². The molecule has 1 aromatic rings. The van der Waals surface area contributed by atoms with Crippen LogP contribution in [0.5, 0.6) is 5.75 Å². The van der Waals surface area contributed by atoms with E-state index in [2.05, 4.69) is 3.63 Å². The first kappa shape index (κ1) is 15.3. The Hall–Kier alpha value is -0.760. The molecule has 0 atom stereocenters. The smallest absolute Gasteiger partial charge is 0.228 e. The Kier molecular flexibility index (Phi) is 7.11. The zero-order valence-corrected chi connectivity index (χ0v) is 11.4. The Balaban J connectivity index is 1.93. The average molecular weight is 291 g/mol. The second-order valence-corrected chi connectivity index (χ2v) is 5.53. The van der Waals surface area contributed by atoms with Crippen molar-refractivity contribution in [2.75, 3.05) is 12.4 Å². The van der Waals surface area contributed by atoms with Crippen molar-refractivity contribution in [2.24, 2.45) is 0 Å². The third kappa shape index (κ3) is 8.35. The van der Waals surface area contributed by atoms with Crippen LogP contribution in [0.25, 0.3) is 0 Å². The van der Waals surface area contributed by atoms with E-state index in [1.54, 1.807) is 0 Å². The van der Waals surface area contributed by atoms with E-state index >= 15 is 0 Å². The lowest BCUT2D eigenvalue weighted by atomic mass is 10.3. The molecule has 0 heterocycles. The minimum atomic E-state index is -4.57. The molecule has 0 saturated heterocycles. The molecule has 0 aromatic heterocycles. The summed E-state index contributed by atoms with van der Waals surface area (Å²) in [4.78, 5) is 0. The van der Waals surface area contributed by atoms with Crippen molar-refractivity contribution in [1.29, 1.82) is 0 Å². The Morgan fingerprint density at radius 1 is 1.11 bits per heavy atom. The predicted octanol–water partition coefficient (Wildman–Crippen LogP) is 2.36. The van der Waals surface area contributed by atoms with Gasteiger partial charge in [0.2, 0.25) is 10.4 Å². The number of para-hydroxylation sites is 1. The molecular formula is C11H15O5S2-. The summed E-state index contributed by atoms with van der Waals surface area (Å²) in [6.07, 6.45) is 2.54. The first-order valence-electron chi connectivity index (χ1n) is 5.53. The van der Waals surface area contributed by atoms with E-state index in [0.29, 0.717) is 24.4 Å². The van der Waals surface area contributed by atoms with E-state index in [1.165, 1.54) is 0 Å². The fourth-order valence-corrected chi connectivity index (χ4v) is 2.31. The number of ether oxygens (including phenoxy) is 1. The molecule has 0 saturated carbocycles. The van der Waals surface area contributed by atoms with Crippen molar-refractivity contribution in [3.05, 3.63) is 30.3 Å².